The van der Waals surface area contributed by atoms with E-state index in [-0.39, 0.29) is 5.38 Å². The molecule has 1 heterocycles. The fourth-order valence-corrected chi connectivity index (χ4v) is 2.77. The number of benzene rings is 2. The Morgan fingerprint density at radius 1 is 1.10 bits per heavy atom. The van der Waals surface area contributed by atoms with Crippen molar-refractivity contribution in [3.8, 4) is 0 Å². The van der Waals surface area contributed by atoms with Gasteiger partial charge in [0.1, 0.15) is 0 Å². The maximum atomic E-state index is 6.41. The molecule has 0 aliphatic carbocycles. The number of aromatic nitrogens is 2. The molecule has 1 N–H and O–H groups in total. The summed E-state index contributed by atoms with van der Waals surface area (Å²) in [5.41, 5.74) is 3.35. The number of halogens is 1. The zero-order valence-corrected chi connectivity index (χ0v) is 12.7. The highest BCUT2D eigenvalue weighted by Crippen LogP contribution is 2.20. The number of hydrogen-bond acceptors (Lipinski definition) is 2. The van der Waals surface area contributed by atoms with Gasteiger partial charge in [-0.15, -0.1) is 11.6 Å². The molecule has 1 unspecified atom stereocenters. The van der Waals surface area contributed by atoms with E-state index in [0.29, 0.717) is 0 Å². The molecule has 21 heavy (non-hydrogen) atoms. The van der Waals surface area contributed by atoms with Crippen LogP contribution in [0.5, 0.6) is 0 Å². The van der Waals surface area contributed by atoms with Gasteiger partial charge in [0, 0.05) is 25.5 Å². The van der Waals surface area contributed by atoms with Crippen molar-refractivity contribution in [2.75, 3.05) is 6.54 Å². The molecule has 0 spiro atoms. The minimum atomic E-state index is -0.0267. The van der Waals surface area contributed by atoms with Crippen molar-refractivity contribution in [1.29, 1.82) is 0 Å². The van der Waals surface area contributed by atoms with Crippen molar-refractivity contribution < 1.29 is 0 Å². The summed E-state index contributed by atoms with van der Waals surface area (Å²) in [6.07, 6.45) is 0. The predicted molar refractivity (Wildman–Crippen MR) is 87.5 cm³/mol. The van der Waals surface area contributed by atoms with Crippen molar-refractivity contribution in [3.63, 3.8) is 0 Å². The molecule has 2 aromatic carbocycles. The number of alkyl halides is 1. The summed E-state index contributed by atoms with van der Waals surface area (Å²) in [4.78, 5) is 0. The zero-order chi connectivity index (χ0) is 14.7. The first-order valence-corrected chi connectivity index (χ1v) is 7.49. The topological polar surface area (TPSA) is 29.9 Å². The molecule has 3 aromatic rings. The van der Waals surface area contributed by atoms with E-state index in [1.165, 1.54) is 5.39 Å². The number of nitrogens with one attached hydrogen (secondary N) is 1. The van der Waals surface area contributed by atoms with E-state index in [1.54, 1.807) is 0 Å². The Labute approximate surface area is 129 Å². The van der Waals surface area contributed by atoms with Crippen LogP contribution in [0.2, 0.25) is 0 Å². The van der Waals surface area contributed by atoms with Crippen LogP contribution >= 0.6 is 11.6 Å². The zero-order valence-electron chi connectivity index (χ0n) is 12.0. The lowest BCUT2D eigenvalue weighted by Gasteiger charge is -2.10. The lowest BCUT2D eigenvalue weighted by atomic mass is 10.1. The summed E-state index contributed by atoms with van der Waals surface area (Å²) in [5.74, 6) is 0. The van der Waals surface area contributed by atoms with Gasteiger partial charge in [0.2, 0.25) is 0 Å². The average Bonchev–Trinajstić information content (AvgIpc) is 2.85. The van der Waals surface area contributed by atoms with Crippen LogP contribution in [0.25, 0.3) is 10.9 Å². The van der Waals surface area contributed by atoms with E-state index in [0.717, 1.165) is 29.9 Å². The van der Waals surface area contributed by atoms with Gasteiger partial charge in [-0.05, 0) is 11.6 Å². The minimum absolute atomic E-state index is 0.0267. The number of fused-ring (bicyclic) bond motifs is 1. The summed E-state index contributed by atoms with van der Waals surface area (Å²) >= 11 is 6.41. The smallest absolute Gasteiger partial charge is 0.0841 e. The van der Waals surface area contributed by atoms with Crippen LogP contribution in [0.15, 0.2) is 54.6 Å². The first-order chi connectivity index (χ1) is 10.3. The third-order valence-electron chi connectivity index (χ3n) is 3.61. The van der Waals surface area contributed by atoms with Gasteiger partial charge in [0.05, 0.1) is 16.6 Å². The Kier molecular flexibility index (Phi) is 4.23. The fraction of sp³-hybridized carbons (Fsp3) is 0.235. The Bertz CT molecular complexity index is 721. The maximum absolute atomic E-state index is 6.41. The van der Waals surface area contributed by atoms with Gasteiger partial charge in [0.15, 0.2) is 0 Å². The van der Waals surface area contributed by atoms with Crippen LogP contribution in [-0.2, 0) is 13.6 Å². The number of aryl methyl sites for hydroxylation is 1. The van der Waals surface area contributed by atoms with E-state index < -0.39 is 0 Å². The monoisotopic (exact) mass is 299 g/mol. The molecule has 3 nitrogen and oxygen atoms in total. The summed E-state index contributed by atoms with van der Waals surface area (Å²) in [6.45, 7) is 1.44. The quantitative estimate of drug-likeness (QED) is 0.729. The third-order valence-corrected chi connectivity index (χ3v) is 4.02. The summed E-state index contributed by atoms with van der Waals surface area (Å²) < 4.78 is 1.92. The van der Waals surface area contributed by atoms with Gasteiger partial charge in [-0.2, -0.15) is 5.10 Å². The van der Waals surface area contributed by atoms with E-state index in [1.807, 2.05) is 42.1 Å². The molecule has 0 radical (unpaired) electrons. The first-order valence-electron chi connectivity index (χ1n) is 7.06. The van der Waals surface area contributed by atoms with Crippen molar-refractivity contribution in [2.24, 2.45) is 7.05 Å². The maximum Gasteiger partial charge on any atom is 0.0841 e. The minimum Gasteiger partial charge on any atom is -0.309 e. The fourth-order valence-electron chi connectivity index (χ4n) is 2.52. The van der Waals surface area contributed by atoms with Crippen LogP contribution in [0.3, 0.4) is 0 Å². The molecule has 0 amide bonds. The molecule has 0 saturated carbocycles. The molecule has 0 aliphatic heterocycles. The van der Waals surface area contributed by atoms with Gasteiger partial charge in [-0.1, -0.05) is 48.5 Å². The van der Waals surface area contributed by atoms with E-state index in [4.69, 9.17) is 11.6 Å². The standard InChI is InChI=1S/C17H18ClN3/c1-21-17-10-6-5-9-14(17)16(20-21)12-19-11-15(18)13-7-3-2-4-8-13/h2-10,15,19H,11-12H2,1H3. The van der Waals surface area contributed by atoms with Crippen LogP contribution in [0.1, 0.15) is 16.6 Å². The Hall–Kier alpha value is -1.84. The van der Waals surface area contributed by atoms with Gasteiger partial charge in [-0.3, -0.25) is 4.68 Å². The van der Waals surface area contributed by atoms with Crippen LogP contribution in [0, 0.1) is 0 Å². The Morgan fingerprint density at radius 2 is 1.81 bits per heavy atom. The molecule has 108 valence electrons. The largest absolute Gasteiger partial charge is 0.309 e. The highest BCUT2D eigenvalue weighted by atomic mass is 35.5. The van der Waals surface area contributed by atoms with E-state index in [9.17, 15) is 0 Å². The Morgan fingerprint density at radius 3 is 2.62 bits per heavy atom. The lowest BCUT2D eigenvalue weighted by molar-refractivity contribution is 0.650. The number of nitrogens with zero attached hydrogens (tertiary/aromatic N) is 2. The summed E-state index contributed by atoms with van der Waals surface area (Å²) in [5, 5.41) is 9.13. The molecule has 3 rings (SSSR count). The lowest BCUT2D eigenvalue weighted by Crippen LogP contribution is -2.19. The SMILES string of the molecule is Cn1nc(CNCC(Cl)c2ccccc2)c2ccccc21. The molecular formula is C17H18ClN3. The van der Waals surface area contributed by atoms with Crippen molar-refractivity contribution >= 4 is 22.5 Å². The second-order valence-electron chi connectivity index (χ2n) is 5.10. The van der Waals surface area contributed by atoms with Crippen LogP contribution in [-0.4, -0.2) is 16.3 Å². The molecule has 0 aliphatic rings. The normalized spacial score (nSPS) is 12.7. The molecule has 1 aromatic heterocycles. The van der Waals surface area contributed by atoms with E-state index in [2.05, 4.69) is 34.7 Å². The van der Waals surface area contributed by atoms with Crippen molar-refractivity contribution in [1.82, 2.24) is 15.1 Å². The van der Waals surface area contributed by atoms with E-state index >= 15 is 0 Å². The molecule has 0 bridgehead atoms. The molecule has 4 heteroatoms. The van der Waals surface area contributed by atoms with Gasteiger partial charge < -0.3 is 5.32 Å². The summed E-state index contributed by atoms with van der Waals surface area (Å²) in [6, 6.07) is 18.4. The van der Waals surface area contributed by atoms with Gasteiger partial charge in [-0.25, -0.2) is 0 Å². The third kappa shape index (κ3) is 3.09. The highest BCUT2D eigenvalue weighted by Gasteiger charge is 2.10. The van der Waals surface area contributed by atoms with Crippen LogP contribution in [0.4, 0.5) is 0 Å². The van der Waals surface area contributed by atoms with Gasteiger partial charge >= 0.3 is 0 Å². The highest BCUT2D eigenvalue weighted by molar-refractivity contribution is 6.21. The van der Waals surface area contributed by atoms with Crippen molar-refractivity contribution in [2.45, 2.75) is 11.9 Å². The predicted octanol–water partition coefficient (Wildman–Crippen LogP) is 3.64. The number of rotatable bonds is 5. The molecule has 0 saturated heterocycles. The Balaban J connectivity index is 1.65. The molecule has 1 atom stereocenters. The summed E-state index contributed by atoms with van der Waals surface area (Å²) in [7, 11) is 1.97. The molecular weight excluding hydrogens is 282 g/mol. The average molecular weight is 300 g/mol. The van der Waals surface area contributed by atoms with Gasteiger partial charge in [0.25, 0.3) is 0 Å². The first kappa shape index (κ1) is 14.1. The number of hydrogen-bond donors (Lipinski definition) is 1. The van der Waals surface area contributed by atoms with Crippen LogP contribution < -0.4 is 5.32 Å². The number of para-hydroxylation sites is 1. The second-order valence-corrected chi connectivity index (χ2v) is 5.62. The molecule has 0 fully saturated rings. The van der Waals surface area contributed by atoms with Crippen molar-refractivity contribution in [3.05, 3.63) is 65.9 Å². The second kappa shape index (κ2) is 6.29.